The van der Waals surface area contributed by atoms with Gasteiger partial charge >= 0.3 is 0 Å². The molecule has 1 aromatic heterocycles. The van der Waals surface area contributed by atoms with Crippen molar-refractivity contribution >= 4 is 11.7 Å². The highest BCUT2D eigenvalue weighted by molar-refractivity contribution is 5.78. The Hall–Kier alpha value is -2.83. The summed E-state index contributed by atoms with van der Waals surface area (Å²) in [6.45, 7) is 4.72. The van der Waals surface area contributed by atoms with Gasteiger partial charge in [-0.2, -0.15) is 4.98 Å². The minimum atomic E-state index is -0.0401. The zero-order valence-electron chi connectivity index (χ0n) is 16.6. The van der Waals surface area contributed by atoms with Gasteiger partial charge in [0.15, 0.2) is 0 Å². The standard InChI is InChI=1S/C21H28N4O3/c1-16-23-19(25-11-4-3-5-12-25)15-21(24-16)28-13-10-22-20(26)14-17-6-8-18(27-2)9-7-17/h6-9,15H,3-5,10-14H2,1-2H3,(H,22,26). The van der Waals surface area contributed by atoms with E-state index in [1.165, 1.54) is 19.3 Å². The van der Waals surface area contributed by atoms with Crippen LogP contribution in [0.1, 0.15) is 30.7 Å². The molecule has 2 heterocycles. The van der Waals surface area contributed by atoms with E-state index in [1.807, 2.05) is 37.3 Å². The summed E-state index contributed by atoms with van der Waals surface area (Å²) in [6.07, 6.45) is 3.99. The summed E-state index contributed by atoms with van der Waals surface area (Å²) in [5.41, 5.74) is 0.941. The highest BCUT2D eigenvalue weighted by atomic mass is 16.5. The predicted octanol–water partition coefficient (Wildman–Crippen LogP) is 2.52. The number of anilines is 1. The van der Waals surface area contributed by atoms with Gasteiger partial charge in [-0.05, 0) is 43.9 Å². The average Bonchev–Trinajstić information content (AvgIpc) is 2.72. The SMILES string of the molecule is COc1ccc(CC(=O)NCCOc2cc(N3CCCCC3)nc(C)n2)cc1. The number of methoxy groups -OCH3 is 1. The van der Waals surface area contributed by atoms with Gasteiger partial charge in [0, 0.05) is 19.2 Å². The van der Waals surface area contributed by atoms with E-state index in [0.717, 1.165) is 30.2 Å². The molecule has 0 atom stereocenters. The van der Waals surface area contributed by atoms with Crippen LogP contribution < -0.4 is 19.7 Å². The summed E-state index contributed by atoms with van der Waals surface area (Å²) in [4.78, 5) is 23.2. The van der Waals surface area contributed by atoms with E-state index in [2.05, 4.69) is 20.2 Å². The van der Waals surface area contributed by atoms with Gasteiger partial charge in [-0.25, -0.2) is 4.98 Å². The van der Waals surface area contributed by atoms with E-state index in [-0.39, 0.29) is 5.91 Å². The number of carbonyl (C=O) groups is 1. The maximum absolute atomic E-state index is 12.1. The molecule has 1 saturated heterocycles. The fourth-order valence-corrected chi connectivity index (χ4v) is 3.22. The van der Waals surface area contributed by atoms with Crippen molar-refractivity contribution in [1.29, 1.82) is 0 Å². The number of benzene rings is 1. The number of hydrogen-bond donors (Lipinski definition) is 1. The number of carbonyl (C=O) groups excluding carboxylic acids is 1. The van der Waals surface area contributed by atoms with E-state index in [4.69, 9.17) is 9.47 Å². The van der Waals surface area contributed by atoms with Crippen molar-refractivity contribution in [3.8, 4) is 11.6 Å². The van der Waals surface area contributed by atoms with Gasteiger partial charge in [-0.1, -0.05) is 12.1 Å². The lowest BCUT2D eigenvalue weighted by Gasteiger charge is -2.28. The van der Waals surface area contributed by atoms with Crippen molar-refractivity contribution in [3.05, 3.63) is 41.7 Å². The van der Waals surface area contributed by atoms with Gasteiger partial charge < -0.3 is 19.7 Å². The summed E-state index contributed by atoms with van der Waals surface area (Å²) in [5, 5.41) is 2.87. The van der Waals surface area contributed by atoms with E-state index in [0.29, 0.717) is 31.3 Å². The number of piperidine rings is 1. The third kappa shape index (κ3) is 5.84. The molecule has 1 aliphatic heterocycles. The van der Waals surface area contributed by atoms with Gasteiger partial charge in [0.2, 0.25) is 11.8 Å². The lowest BCUT2D eigenvalue weighted by atomic mass is 10.1. The first-order valence-corrected chi connectivity index (χ1v) is 9.77. The van der Waals surface area contributed by atoms with Gasteiger partial charge in [0.1, 0.15) is 24.0 Å². The third-order valence-electron chi connectivity index (χ3n) is 4.68. The molecule has 1 fully saturated rings. The van der Waals surface area contributed by atoms with Gasteiger partial charge in [0.05, 0.1) is 20.1 Å². The van der Waals surface area contributed by atoms with Gasteiger partial charge in [-0.3, -0.25) is 4.79 Å². The molecule has 1 amide bonds. The number of aromatic nitrogens is 2. The first kappa shape index (κ1) is 19.9. The maximum Gasteiger partial charge on any atom is 0.224 e. The smallest absolute Gasteiger partial charge is 0.224 e. The van der Waals surface area contributed by atoms with E-state index < -0.39 is 0 Å². The van der Waals surface area contributed by atoms with E-state index >= 15 is 0 Å². The van der Waals surface area contributed by atoms with Crippen LogP contribution >= 0.6 is 0 Å². The Morgan fingerprint density at radius 3 is 2.61 bits per heavy atom. The van der Waals surface area contributed by atoms with Crippen molar-refractivity contribution < 1.29 is 14.3 Å². The number of nitrogens with one attached hydrogen (secondary N) is 1. The molecule has 0 saturated carbocycles. The second kappa shape index (κ2) is 9.92. The van der Waals surface area contributed by atoms with Crippen molar-refractivity contribution in [2.75, 3.05) is 38.3 Å². The van der Waals surface area contributed by atoms with Crippen molar-refractivity contribution in [2.45, 2.75) is 32.6 Å². The van der Waals surface area contributed by atoms with Crippen LogP contribution in [-0.2, 0) is 11.2 Å². The van der Waals surface area contributed by atoms with Crippen LogP contribution in [0.15, 0.2) is 30.3 Å². The summed E-state index contributed by atoms with van der Waals surface area (Å²) < 4.78 is 10.9. The van der Waals surface area contributed by atoms with E-state index in [9.17, 15) is 4.79 Å². The topological polar surface area (TPSA) is 76.6 Å². The molecular formula is C21H28N4O3. The monoisotopic (exact) mass is 384 g/mol. The fraction of sp³-hybridized carbons (Fsp3) is 0.476. The van der Waals surface area contributed by atoms with Crippen molar-refractivity contribution in [1.82, 2.24) is 15.3 Å². The molecule has 3 rings (SSSR count). The maximum atomic E-state index is 12.1. The zero-order valence-corrected chi connectivity index (χ0v) is 16.6. The summed E-state index contributed by atoms with van der Waals surface area (Å²) >= 11 is 0. The van der Waals surface area contributed by atoms with Crippen LogP contribution in [0.3, 0.4) is 0 Å². The second-order valence-corrected chi connectivity index (χ2v) is 6.88. The summed E-state index contributed by atoms with van der Waals surface area (Å²) in [5.74, 6) is 2.91. The number of amides is 1. The molecule has 150 valence electrons. The minimum absolute atomic E-state index is 0.0401. The Morgan fingerprint density at radius 1 is 1.14 bits per heavy atom. The molecule has 0 unspecified atom stereocenters. The van der Waals surface area contributed by atoms with Crippen LogP contribution in [0.5, 0.6) is 11.6 Å². The molecule has 7 nitrogen and oxygen atoms in total. The third-order valence-corrected chi connectivity index (χ3v) is 4.68. The van der Waals surface area contributed by atoms with Crippen molar-refractivity contribution in [3.63, 3.8) is 0 Å². The molecule has 0 bridgehead atoms. The normalized spacial score (nSPS) is 13.9. The number of rotatable bonds is 8. The quantitative estimate of drug-likeness (QED) is 0.705. The zero-order chi connectivity index (χ0) is 19.8. The average molecular weight is 384 g/mol. The molecule has 0 aliphatic carbocycles. The lowest BCUT2D eigenvalue weighted by Crippen LogP contribution is -2.31. The molecule has 7 heteroatoms. The molecular weight excluding hydrogens is 356 g/mol. The first-order chi connectivity index (χ1) is 13.6. The van der Waals surface area contributed by atoms with Crippen LogP contribution in [0, 0.1) is 6.92 Å². The molecule has 2 aromatic rings. The predicted molar refractivity (Wildman–Crippen MR) is 108 cm³/mol. The highest BCUT2D eigenvalue weighted by Crippen LogP contribution is 2.21. The van der Waals surface area contributed by atoms with E-state index in [1.54, 1.807) is 7.11 Å². The Balaban J connectivity index is 1.44. The highest BCUT2D eigenvalue weighted by Gasteiger charge is 2.14. The Bertz CT molecular complexity index is 774. The Morgan fingerprint density at radius 2 is 1.89 bits per heavy atom. The molecule has 1 N–H and O–H groups in total. The van der Waals surface area contributed by atoms with Crippen LogP contribution in [0.2, 0.25) is 0 Å². The molecule has 0 radical (unpaired) electrons. The van der Waals surface area contributed by atoms with Crippen LogP contribution in [0.25, 0.3) is 0 Å². The van der Waals surface area contributed by atoms with Gasteiger partial charge in [0.25, 0.3) is 0 Å². The summed E-state index contributed by atoms with van der Waals surface area (Å²) in [7, 11) is 1.62. The number of aryl methyl sites for hydroxylation is 1. The molecule has 1 aromatic carbocycles. The Kier molecular flexibility index (Phi) is 7.06. The van der Waals surface area contributed by atoms with Crippen LogP contribution in [-0.4, -0.2) is 49.2 Å². The minimum Gasteiger partial charge on any atom is -0.497 e. The first-order valence-electron chi connectivity index (χ1n) is 9.77. The number of nitrogens with zero attached hydrogens (tertiary/aromatic N) is 3. The lowest BCUT2D eigenvalue weighted by molar-refractivity contribution is -0.120. The van der Waals surface area contributed by atoms with Gasteiger partial charge in [-0.15, -0.1) is 0 Å². The Labute approximate surface area is 166 Å². The largest absolute Gasteiger partial charge is 0.497 e. The molecule has 0 spiro atoms. The molecule has 1 aliphatic rings. The summed E-state index contributed by atoms with van der Waals surface area (Å²) in [6, 6.07) is 9.37. The fourth-order valence-electron chi connectivity index (χ4n) is 3.22. The number of ether oxygens (including phenoxy) is 2. The second-order valence-electron chi connectivity index (χ2n) is 6.88. The van der Waals surface area contributed by atoms with Crippen molar-refractivity contribution in [2.24, 2.45) is 0 Å². The number of hydrogen-bond acceptors (Lipinski definition) is 6. The molecule has 28 heavy (non-hydrogen) atoms. The van der Waals surface area contributed by atoms with Crippen LogP contribution in [0.4, 0.5) is 5.82 Å².